The lowest BCUT2D eigenvalue weighted by Gasteiger charge is -2.36. The van der Waals surface area contributed by atoms with Gasteiger partial charge in [-0.2, -0.15) is 0 Å². The molecule has 1 aliphatic heterocycles. The van der Waals surface area contributed by atoms with Gasteiger partial charge in [0, 0.05) is 32.4 Å². The van der Waals surface area contributed by atoms with Crippen LogP contribution in [0.2, 0.25) is 0 Å². The fourth-order valence-corrected chi connectivity index (χ4v) is 2.54. The summed E-state index contributed by atoms with van der Waals surface area (Å²) in [6, 6.07) is 3.78. The van der Waals surface area contributed by atoms with E-state index in [-0.39, 0.29) is 6.09 Å². The van der Waals surface area contributed by atoms with Gasteiger partial charge in [-0.1, -0.05) is 0 Å². The van der Waals surface area contributed by atoms with Crippen LogP contribution in [-0.4, -0.2) is 57.7 Å². The zero-order chi connectivity index (χ0) is 16.4. The van der Waals surface area contributed by atoms with Gasteiger partial charge in [0.15, 0.2) is 5.82 Å². The fourth-order valence-electron chi connectivity index (χ4n) is 2.54. The molecule has 0 aliphatic carbocycles. The quantitative estimate of drug-likeness (QED) is 0.802. The van der Waals surface area contributed by atoms with E-state index in [1.54, 1.807) is 17.4 Å². The number of nitrogens with zero attached hydrogens (tertiary/aromatic N) is 5. The molecular formula is C16H21N5O2. The van der Waals surface area contributed by atoms with Crippen molar-refractivity contribution in [2.75, 3.05) is 31.1 Å². The third kappa shape index (κ3) is 3.49. The molecule has 1 fully saturated rings. The second-order valence-corrected chi connectivity index (χ2v) is 6.52. The van der Waals surface area contributed by atoms with Crippen LogP contribution < -0.4 is 4.90 Å². The number of piperazine rings is 1. The van der Waals surface area contributed by atoms with Gasteiger partial charge >= 0.3 is 6.09 Å². The van der Waals surface area contributed by atoms with Gasteiger partial charge in [-0.25, -0.2) is 14.8 Å². The summed E-state index contributed by atoms with van der Waals surface area (Å²) in [5.74, 6) is 0.819. The SMILES string of the molecule is CC(C)(C)OC(=O)N1CCN(c2ncnc3cccnc23)CC1. The third-order valence-corrected chi connectivity index (χ3v) is 3.61. The largest absolute Gasteiger partial charge is 0.444 e. The molecule has 0 aromatic carbocycles. The maximum absolute atomic E-state index is 12.1. The normalized spacial score (nSPS) is 15.8. The Bertz CT molecular complexity index is 700. The molecule has 3 rings (SSSR count). The summed E-state index contributed by atoms with van der Waals surface area (Å²) >= 11 is 0. The molecule has 0 unspecified atom stereocenters. The first kappa shape index (κ1) is 15.5. The van der Waals surface area contributed by atoms with Crippen molar-refractivity contribution >= 4 is 22.9 Å². The molecule has 0 N–H and O–H groups in total. The third-order valence-electron chi connectivity index (χ3n) is 3.61. The standard InChI is InChI=1S/C16H21N5O2/c1-16(2,3)23-15(22)21-9-7-20(8-10-21)14-13-12(18-11-19-14)5-4-6-17-13/h4-6,11H,7-10H2,1-3H3. The molecule has 1 saturated heterocycles. The van der Waals surface area contributed by atoms with E-state index < -0.39 is 5.60 Å². The van der Waals surface area contributed by atoms with E-state index in [4.69, 9.17) is 4.74 Å². The zero-order valence-corrected chi connectivity index (χ0v) is 13.7. The molecule has 0 radical (unpaired) electrons. The van der Waals surface area contributed by atoms with E-state index in [2.05, 4.69) is 19.9 Å². The average molecular weight is 315 g/mol. The van der Waals surface area contributed by atoms with Crippen LogP contribution in [0.5, 0.6) is 0 Å². The van der Waals surface area contributed by atoms with Crippen molar-refractivity contribution in [1.82, 2.24) is 19.9 Å². The maximum atomic E-state index is 12.1. The van der Waals surface area contributed by atoms with Gasteiger partial charge in [0.05, 0.1) is 5.52 Å². The molecule has 1 aliphatic rings. The van der Waals surface area contributed by atoms with Crippen LogP contribution in [0.1, 0.15) is 20.8 Å². The second-order valence-electron chi connectivity index (χ2n) is 6.52. The van der Waals surface area contributed by atoms with Gasteiger partial charge in [-0.3, -0.25) is 4.98 Å². The number of fused-ring (bicyclic) bond motifs is 1. The predicted octanol–water partition coefficient (Wildman–Crippen LogP) is 2.08. The molecule has 0 saturated carbocycles. The maximum Gasteiger partial charge on any atom is 0.410 e. The van der Waals surface area contributed by atoms with E-state index in [0.717, 1.165) is 16.9 Å². The van der Waals surface area contributed by atoms with Crippen LogP contribution in [0, 0.1) is 0 Å². The molecule has 2 aromatic heterocycles. The highest BCUT2D eigenvalue weighted by Gasteiger charge is 2.27. The summed E-state index contributed by atoms with van der Waals surface area (Å²) in [4.78, 5) is 29.0. The van der Waals surface area contributed by atoms with E-state index in [0.29, 0.717) is 26.2 Å². The van der Waals surface area contributed by atoms with E-state index in [1.807, 2.05) is 32.9 Å². The average Bonchev–Trinajstić information content (AvgIpc) is 2.53. The van der Waals surface area contributed by atoms with Crippen molar-refractivity contribution in [1.29, 1.82) is 0 Å². The van der Waals surface area contributed by atoms with Crippen LogP contribution in [-0.2, 0) is 4.74 Å². The van der Waals surface area contributed by atoms with Gasteiger partial charge < -0.3 is 14.5 Å². The lowest BCUT2D eigenvalue weighted by molar-refractivity contribution is 0.0240. The summed E-state index contributed by atoms with van der Waals surface area (Å²) < 4.78 is 5.42. The summed E-state index contributed by atoms with van der Waals surface area (Å²) in [6.45, 7) is 8.23. The number of aromatic nitrogens is 3. The van der Waals surface area contributed by atoms with Crippen molar-refractivity contribution in [2.24, 2.45) is 0 Å². The van der Waals surface area contributed by atoms with E-state index >= 15 is 0 Å². The Morgan fingerprint density at radius 2 is 1.87 bits per heavy atom. The molecule has 0 bridgehead atoms. The predicted molar refractivity (Wildman–Crippen MR) is 87.4 cm³/mol. The van der Waals surface area contributed by atoms with Crippen molar-refractivity contribution in [3.8, 4) is 0 Å². The van der Waals surface area contributed by atoms with Crippen LogP contribution in [0.3, 0.4) is 0 Å². The number of rotatable bonds is 1. The van der Waals surface area contributed by atoms with Crippen LogP contribution >= 0.6 is 0 Å². The number of carbonyl (C=O) groups is 1. The number of carbonyl (C=O) groups excluding carboxylic acids is 1. The lowest BCUT2D eigenvalue weighted by atomic mass is 10.2. The first-order chi connectivity index (χ1) is 10.9. The Hall–Kier alpha value is -2.44. The summed E-state index contributed by atoms with van der Waals surface area (Å²) in [7, 11) is 0. The summed E-state index contributed by atoms with van der Waals surface area (Å²) in [5.41, 5.74) is 1.15. The number of pyridine rings is 1. The smallest absolute Gasteiger partial charge is 0.410 e. The molecule has 7 heteroatoms. The first-order valence-electron chi connectivity index (χ1n) is 7.73. The Morgan fingerprint density at radius 1 is 1.13 bits per heavy atom. The molecule has 0 spiro atoms. The number of ether oxygens (including phenoxy) is 1. The Labute approximate surface area is 135 Å². The lowest BCUT2D eigenvalue weighted by Crippen LogP contribution is -2.50. The van der Waals surface area contributed by atoms with Crippen molar-refractivity contribution in [3.05, 3.63) is 24.7 Å². The Kier molecular flexibility index (Phi) is 4.02. The van der Waals surface area contributed by atoms with Gasteiger partial charge in [0.2, 0.25) is 0 Å². The molecule has 7 nitrogen and oxygen atoms in total. The van der Waals surface area contributed by atoms with Gasteiger partial charge in [0.1, 0.15) is 17.4 Å². The van der Waals surface area contributed by atoms with Gasteiger partial charge in [-0.15, -0.1) is 0 Å². The number of hydrogen-bond acceptors (Lipinski definition) is 6. The van der Waals surface area contributed by atoms with Gasteiger partial charge in [-0.05, 0) is 32.9 Å². The molecule has 0 atom stereocenters. The first-order valence-corrected chi connectivity index (χ1v) is 7.73. The van der Waals surface area contributed by atoms with Crippen molar-refractivity contribution in [2.45, 2.75) is 26.4 Å². The Balaban J connectivity index is 1.70. The van der Waals surface area contributed by atoms with E-state index in [9.17, 15) is 4.79 Å². The fraction of sp³-hybridized carbons (Fsp3) is 0.500. The summed E-state index contributed by atoms with van der Waals surface area (Å²) in [6.07, 6.45) is 3.04. The van der Waals surface area contributed by atoms with Crippen molar-refractivity contribution < 1.29 is 9.53 Å². The highest BCUT2D eigenvalue weighted by molar-refractivity contribution is 5.85. The summed E-state index contributed by atoms with van der Waals surface area (Å²) in [5, 5.41) is 0. The zero-order valence-electron chi connectivity index (χ0n) is 13.7. The minimum Gasteiger partial charge on any atom is -0.444 e. The highest BCUT2D eigenvalue weighted by atomic mass is 16.6. The monoisotopic (exact) mass is 315 g/mol. The molecule has 122 valence electrons. The van der Waals surface area contributed by atoms with Crippen LogP contribution in [0.25, 0.3) is 11.0 Å². The molecule has 2 aromatic rings. The van der Waals surface area contributed by atoms with Crippen molar-refractivity contribution in [3.63, 3.8) is 0 Å². The molecule has 23 heavy (non-hydrogen) atoms. The second kappa shape index (κ2) is 5.98. The topological polar surface area (TPSA) is 71.5 Å². The number of anilines is 1. The number of hydrogen-bond donors (Lipinski definition) is 0. The number of amides is 1. The molecule has 1 amide bonds. The van der Waals surface area contributed by atoms with Crippen LogP contribution in [0.4, 0.5) is 10.6 Å². The highest BCUT2D eigenvalue weighted by Crippen LogP contribution is 2.22. The minimum absolute atomic E-state index is 0.261. The molecular weight excluding hydrogens is 294 g/mol. The minimum atomic E-state index is -0.471. The van der Waals surface area contributed by atoms with Crippen LogP contribution in [0.15, 0.2) is 24.7 Å². The van der Waals surface area contributed by atoms with E-state index in [1.165, 1.54) is 0 Å². The Morgan fingerprint density at radius 3 is 2.57 bits per heavy atom. The molecule has 3 heterocycles. The van der Waals surface area contributed by atoms with Gasteiger partial charge in [0.25, 0.3) is 0 Å².